The molecule has 2 aromatic carbocycles. The summed E-state index contributed by atoms with van der Waals surface area (Å²) in [5.74, 6) is 0.250. The number of unbranched alkanes of at least 4 members (excludes halogenated alkanes) is 1. The minimum absolute atomic E-state index is 0.0111. The van der Waals surface area contributed by atoms with E-state index < -0.39 is 11.7 Å². The molecule has 2 amide bonds. The van der Waals surface area contributed by atoms with E-state index in [0.717, 1.165) is 57.5 Å². The molecule has 46 heavy (non-hydrogen) atoms. The Balaban J connectivity index is 1.18. The highest BCUT2D eigenvalue weighted by molar-refractivity contribution is 6.01. The molecule has 0 unspecified atom stereocenters. The van der Waals surface area contributed by atoms with E-state index in [2.05, 4.69) is 25.5 Å². The number of likely N-dealkylation sites (tertiary alicyclic amines) is 1. The van der Waals surface area contributed by atoms with E-state index in [0.29, 0.717) is 53.8 Å². The van der Waals surface area contributed by atoms with Crippen LogP contribution >= 0.6 is 0 Å². The van der Waals surface area contributed by atoms with E-state index in [4.69, 9.17) is 9.47 Å². The summed E-state index contributed by atoms with van der Waals surface area (Å²) in [7, 11) is 0. The van der Waals surface area contributed by atoms with Crippen molar-refractivity contribution in [2.24, 2.45) is 0 Å². The Morgan fingerprint density at radius 2 is 1.61 bits per heavy atom. The largest absolute Gasteiger partial charge is 0.477 e. The molecule has 1 fully saturated rings. The topological polar surface area (TPSA) is 106 Å². The lowest BCUT2D eigenvalue weighted by molar-refractivity contribution is -0.137. The van der Waals surface area contributed by atoms with Gasteiger partial charge in [0.05, 0.1) is 24.3 Å². The summed E-state index contributed by atoms with van der Waals surface area (Å²) in [4.78, 5) is 36.2. The summed E-state index contributed by atoms with van der Waals surface area (Å²) in [6, 6.07) is 11.8. The number of alkyl halides is 3. The first-order valence-corrected chi connectivity index (χ1v) is 15.6. The van der Waals surface area contributed by atoms with Crippen LogP contribution < -0.4 is 20.1 Å². The molecule has 246 valence electrons. The van der Waals surface area contributed by atoms with Crippen LogP contribution in [0.4, 0.5) is 13.2 Å². The van der Waals surface area contributed by atoms with Gasteiger partial charge in [0.15, 0.2) is 0 Å². The van der Waals surface area contributed by atoms with Crippen molar-refractivity contribution in [1.29, 1.82) is 0 Å². The molecular weight excluding hydrogens is 599 g/mol. The Hall–Kier alpha value is -4.45. The molecular formula is C34H40F3N5O4. The Morgan fingerprint density at radius 3 is 2.24 bits per heavy atom. The molecule has 1 aliphatic rings. The van der Waals surface area contributed by atoms with Gasteiger partial charge in [-0.15, -0.1) is 0 Å². The quantitative estimate of drug-likeness (QED) is 0.171. The normalized spacial score (nSPS) is 14.3. The van der Waals surface area contributed by atoms with Crippen LogP contribution in [0.3, 0.4) is 0 Å². The van der Waals surface area contributed by atoms with E-state index >= 15 is 0 Å². The monoisotopic (exact) mass is 639 g/mol. The van der Waals surface area contributed by atoms with Gasteiger partial charge in [-0.3, -0.25) is 9.59 Å². The number of piperidine rings is 1. The third-order valence-corrected chi connectivity index (χ3v) is 7.59. The van der Waals surface area contributed by atoms with Gasteiger partial charge in [-0.1, -0.05) is 30.3 Å². The third-order valence-electron chi connectivity index (χ3n) is 7.59. The van der Waals surface area contributed by atoms with Crippen molar-refractivity contribution in [3.05, 3.63) is 77.6 Å². The molecule has 4 rings (SSSR count). The molecule has 0 spiro atoms. The SMILES string of the molecule is CCOc1ncnc(OCC)c1C=CC(=O)NCCCCN1CCC(NC(=O)c2ccccc2-c2ccc(C(F)(F)F)cc2)CC1. The lowest BCUT2D eigenvalue weighted by Gasteiger charge is -2.32. The van der Waals surface area contributed by atoms with Gasteiger partial charge in [-0.05, 0) is 81.5 Å². The van der Waals surface area contributed by atoms with Crippen molar-refractivity contribution in [3.63, 3.8) is 0 Å². The highest BCUT2D eigenvalue weighted by atomic mass is 19.4. The molecule has 1 saturated heterocycles. The van der Waals surface area contributed by atoms with Gasteiger partial charge in [0.2, 0.25) is 17.7 Å². The zero-order valence-corrected chi connectivity index (χ0v) is 26.1. The van der Waals surface area contributed by atoms with E-state index in [-0.39, 0.29) is 17.9 Å². The molecule has 1 aliphatic heterocycles. The van der Waals surface area contributed by atoms with Gasteiger partial charge >= 0.3 is 6.18 Å². The van der Waals surface area contributed by atoms with Gasteiger partial charge in [0.25, 0.3) is 5.91 Å². The lowest BCUT2D eigenvalue weighted by Crippen LogP contribution is -2.45. The van der Waals surface area contributed by atoms with Gasteiger partial charge < -0.3 is 25.0 Å². The molecule has 0 bridgehead atoms. The molecule has 3 aromatic rings. The average molecular weight is 640 g/mol. The maximum atomic E-state index is 13.2. The highest BCUT2D eigenvalue weighted by Crippen LogP contribution is 2.32. The number of nitrogens with one attached hydrogen (secondary N) is 2. The molecule has 9 nitrogen and oxygen atoms in total. The second-order valence-electron chi connectivity index (χ2n) is 10.8. The molecule has 0 radical (unpaired) electrons. The summed E-state index contributed by atoms with van der Waals surface area (Å²) in [5, 5.41) is 6.01. The number of carbonyl (C=O) groups is 2. The molecule has 2 N–H and O–H groups in total. The molecule has 2 heterocycles. The van der Waals surface area contributed by atoms with E-state index in [1.807, 2.05) is 13.8 Å². The smallest absolute Gasteiger partial charge is 0.416 e. The Kier molecular flexibility index (Phi) is 12.5. The van der Waals surface area contributed by atoms with Crippen molar-refractivity contribution in [2.75, 3.05) is 39.4 Å². The van der Waals surface area contributed by atoms with Crippen molar-refractivity contribution in [3.8, 4) is 22.9 Å². The number of carbonyl (C=O) groups excluding carboxylic acids is 2. The van der Waals surface area contributed by atoms with Crippen LogP contribution in [0.15, 0.2) is 60.9 Å². The standard InChI is InChI=1S/C34H40F3N5O4/c1-3-45-32-29(33(46-4-2)40-23-39-32)15-16-30(43)38-19-7-8-20-42-21-17-26(18-22-42)41-31(44)28-10-6-5-9-27(28)24-11-13-25(14-12-24)34(35,36)37/h5-6,9-16,23,26H,3-4,7-8,17-22H2,1-2H3,(H,38,43)(H,41,44). The van der Waals surface area contributed by atoms with Crippen LogP contribution in [0.2, 0.25) is 0 Å². The number of benzene rings is 2. The van der Waals surface area contributed by atoms with Gasteiger partial charge in [0.1, 0.15) is 6.33 Å². The fourth-order valence-corrected chi connectivity index (χ4v) is 5.24. The van der Waals surface area contributed by atoms with Crippen molar-refractivity contribution in [1.82, 2.24) is 25.5 Å². The van der Waals surface area contributed by atoms with Crippen molar-refractivity contribution >= 4 is 17.9 Å². The number of halogens is 3. The van der Waals surface area contributed by atoms with Crippen molar-refractivity contribution in [2.45, 2.75) is 51.7 Å². The fourth-order valence-electron chi connectivity index (χ4n) is 5.24. The predicted molar refractivity (Wildman–Crippen MR) is 169 cm³/mol. The number of aromatic nitrogens is 2. The van der Waals surface area contributed by atoms with Crippen molar-refractivity contribution < 1.29 is 32.2 Å². The summed E-state index contributed by atoms with van der Waals surface area (Å²) in [5.41, 5.74) is 1.37. The Bertz CT molecular complexity index is 1450. The van der Waals surface area contributed by atoms with E-state index in [9.17, 15) is 22.8 Å². The second-order valence-corrected chi connectivity index (χ2v) is 10.8. The third kappa shape index (κ3) is 9.77. The van der Waals surface area contributed by atoms with Crippen LogP contribution in [0.1, 0.15) is 61.0 Å². The summed E-state index contributed by atoms with van der Waals surface area (Å²) in [6.45, 7) is 7.64. The first-order valence-electron chi connectivity index (χ1n) is 15.6. The molecule has 12 heteroatoms. The molecule has 0 aliphatic carbocycles. The first kappa shape index (κ1) is 34.4. The second kappa shape index (κ2) is 16.7. The summed E-state index contributed by atoms with van der Waals surface area (Å²) >= 11 is 0. The maximum absolute atomic E-state index is 13.2. The van der Waals surface area contributed by atoms with Gasteiger partial charge in [0, 0.05) is 37.3 Å². The Morgan fingerprint density at radius 1 is 0.957 bits per heavy atom. The van der Waals surface area contributed by atoms with E-state index in [1.54, 1.807) is 30.3 Å². The maximum Gasteiger partial charge on any atom is 0.416 e. The van der Waals surface area contributed by atoms with Gasteiger partial charge in [-0.2, -0.15) is 13.2 Å². The average Bonchev–Trinajstić information content (AvgIpc) is 3.05. The molecule has 0 atom stereocenters. The zero-order chi connectivity index (χ0) is 32.9. The van der Waals surface area contributed by atoms with Gasteiger partial charge in [-0.25, -0.2) is 9.97 Å². The van der Waals surface area contributed by atoms with Crippen LogP contribution in [-0.4, -0.2) is 72.1 Å². The first-order chi connectivity index (χ1) is 22.2. The van der Waals surface area contributed by atoms with Crippen LogP contribution in [0.25, 0.3) is 17.2 Å². The zero-order valence-electron chi connectivity index (χ0n) is 26.1. The fraction of sp³-hybridized carbons (Fsp3) is 0.412. The number of amides is 2. The minimum Gasteiger partial charge on any atom is -0.477 e. The van der Waals surface area contributed by atoms with Crippen LogP contribution in [-0.2, 0) is 11.0 Å². The number of rotatable bonds is 14. The Labute approximate surface area is 267 Å². The molecule has 1 aromatic heterocycles. The van der Waals surface area contributed by atoms with E-state index in [1.165, 1.54) is 24.5 Å². The number of nitrogens with zero attached hydrogens (tertiary/aromatic N) is 3. The number of hydrogen-bond acceptors (Lipinski definition) is 7. The number of ether oxygens (including phenoxy) is 2. The van der Waals surface area contributed by atoms with Crippen LogP contribution in [0, 0.1) is 0 Å². The minimum atomic E-state index is -4.42. The number of hydrogen-bond donors (Lipinski definition) is 2. The summed E-state index contributed by atoms with van der Waals surface area (Å²) < 4.78 is 50.0. The van der Waals surface area contributed by atoms with Crippen LogP contribution in [0.5, 0.6) is 11.8 Å². The molecule has 0 saturated carbocycles. The summed E-state index contributed by atoms with van der Waals surface area (Å²) in [6.07, 6.45) is 3.30. The predicted octanol–water partition coefficient (Wildman–Crippen LogP) is 5.76. The highest BCUT2D eigenvalue weighted by Gasteiger charge is 2.30. The lowest BCUT2D eigenvalue weighted by atomic mass is 9.97.